The van der Waals surface area contributed by atoms with Crippen molar-refractivity contribution in [3.63, 3.8) is 0 Å². The van der Waals surface area contributed by atoms with Gasteiger partial charge in [-0.1, -0.05) is 12.8 Å². The Labute approximate surface area is 122 Å². The first-order valence-corrected chi connectivity index (χ1v) is 8.15. The van der Waals surface area contributed by atoms with Gasteiger partial charge >= 0.3 is 5.97 Å². The molecule has 0 saturated heterocycles. The fourth-order valence-electron chi connectivity index (χ4n) is 2.33. The molecule has 0 spiro atoms. The van der Waals surface area contributed by atoms with Crippen LogP contribution in [0.3, 0.4) is 0 Å². The lowest BCUT2D eigenvalue weighted by Crippen LogP contribution is -2.25. The van der Waals surface area contributed by atoms with E-state index in [2.05, 4.69) is 4.72 Å². The Morgan fingerprint density at radius 3 is 2.57 bits per heavy atom. The van der Waals surface area contributed by atoms with Crippen LogP contribution < -0.4 is 4.72 Å². The van der Waals surface area contributed by atoms with Crippen molar-refractivity contribution in [3.8, 4) is 0 Å². The molecule has 0 aromatic heterocycles. The Morgan fingerprint density at radius 1 is 1.33 bits per heavy atom. The summed E-state index contributed by atoms with van der Waals surface area (Å²) in [6, 6.07) is 3.80. The second-order valence-electron chi connectivity index (χ2n) is 4.96. The predicted octanol–water partition coefficient (Wildman–Crippen LogP) is 2.61. The van der Waals surface area contributed by atoms with E-state index in [9.17, 15) is 17.6 Å². The molecule has 0 bridgehead atoms. The summed E-state index contributed by atoms with van der Waals surface area (Å²) in [5, 5.41) is 8.07. The second-order valence-corrected chi connectivity index (χ2v) is 6.92. The molecule has 1 fully saturated rings. The van der Waals surface area contributed by atoms with E-state index >= 15 is 0 Å². The van der Waals surface area contributed by atoms with E-state index in [-0.39, 0.29) is 11.3 Å². The SMILES string of the molecule is O=C(O)/C=C/c1ccc(NS(=O)(=O)C2CCCC2)cc1F. The molecule has 1 aromatic carbocycles. The number of nitrogens with one attached hydrogen (secondary N) is 1. The van der Waals surface area contributed by atoms with E-state index in [1.54, 1.807) is 0 Å². The highest BCUT2D eigenvalue weighted by atomic mass is 32.2. The molecule has 0 radical (unpaired) electrons. The van der Waals surface area contributed by atoms with Crippen LogP contribution in [0.25, 0.3) is 6.08 Å². The van der Waals surface area contributed by atoms with Crippen molar-refractivity contribution in [1.82, 2.24) is 0 Å². The van der Waals surface area contributed by atoms with Gasteiger partial charge < -0.3 is 5.11 Å². The van der Waals surface area contributed by atoms with Gasteiger partial charge in [0.05, 0.1) is 10.9 Å². The third kappa shape index (κ3) is 4.04. The summed E-state index contributed by atoms with van der Waals surface area (Å²) >= 11 is 0. The van der Waals surface area contributed by atoms with Gasteiger partial charge in [0.2, 0.25) is 10.0 Å². The number of hydrogen-bond donors (Lipinski definition) is 2. The average Bonchev–Trinajstić information content (AvgIpc) is 2.91. The van der Waals surface area contributed by atoms with Crippen molar-refractivity contribution in [1.29, 1.82) is 0 Å². The summed E-state index contributed by atoms with van der Waals surface area (Å²) in [7, 11) is -3.50. The Morgan fingerprint density at radius 2 is 2.00 bits per heavy atom. The van der Waals surface area contributed by atoms with E-state index < -0.39 is 27.1 Å². The minimum atomic E-state index is -3.50. The Hall–Kier alpha value is -1.89. The maximum Gasteiger partial charge on any atom is 0.328 e. The highest BCUT2D eigenvalue weighted by molar-refractivity contribution is 7.93. The van der Waals surface area contributed by atoms with Crippen molar-refractivity contribution in [2.45, 2.75) is 30.9 Å². The molecule has 21 heavy (non-hydrogen) atoms. The normalized spacial score (nSPS) is 16.4. The molecule has 1 aromatic rings. The molecular formula is C14H16FNO4S. The number of carbonyl (C=O) groups is 1. The Balaban J connectivity index is 2.15. The number of carboxylic acid groups (broad SMARTS) is 1. The van der Waals surface area contributed by atoms with Gasteiger partial charge in [-0.25, -0.2) is 17.6 Å². The van der Waals surface area contributed by atoms with Gasteiger partial charge in [-0.15, -0.1) is 0 Å². The summed E-state index contributed by atoms with van der Waals surface area (Å²) in [5.74, 6) is -1.86. The number of hydrogen-bond acceptors (Lipinski definition) is 3. The molecule has 1 saturated carbocycles. The van der Waals surface area contributed by atoms with Gasteiger partial charge in [-0.2, -0.15) is 0 Å². The fourth-order valence-corrected chi connectivity index (χ4v) is 3.91. The minimum Gasteiger partial charge on any atom is -0.478 e. The number of benzene rings is 1. The zero-order chi connectivity index (χ0) is 15.5. The van der Waals surface area contributed by atoms with Crippen molar-refractivity contribution in [2.24, 2.45) is 0 Å². The summed E-state index contributed by atoms with van der Waals surface area (Å²) in [5.41, 5.74) is 0.230. The van der Waals surface area contributed by atoms with E-state index in [4.69, 9.17) is 5.11 Å². The topological polar surface area (TPSA) is 83.5 Å². The molecule has 2 N–H and O–H groups in total. The standard InChI is InChI=1S/C14H16FNO4S/c15-13-9-11(7-5-10(13)6-8-14(17)18)16-21(19,20)12-3-1-2-4-12/h5-9,12,16H,1-4H2,(H,17,18)/b8-6+. The molecule has 0 amide bonds. The Bertz CT molecular complexity index is 664. The maximum absolute atomic E-state index is 13.8. The van der Waals surface area contributed by atoms with Crippen molar-refractivity contribution in [3.05, 3.63) is 35.7 Å². The molecule has 1 aliphatic carbocycles. The second kappa shape index (κ2) is 6.26. The quantitative estimate of drug-likeness (QED) is 0.819. The number of halogens is 1. The number of rotatable bonds is 5. The lowest BCUT2D eigenvalue weighted by Gasteiger charge is -2.13. The van der Waals surface area contributed by atoms with Crippen LogP contribution in [-0.4, -0.2) is 24.7 Å². The van der Waals surface area contributed by atoms with Crippen molar-refractivity contribution in [2.75, 3.05) is 4.72 Å². The van der Waals surface area contributed by atoms with Crippen LogP contribution in [0.5, 0.6) is 0 Å². The molecule has 0 heterocycles. The summed E-state index contributed by atoms with van der Waals surface area (Å²) in [4.78, 5) is 10.4. The first-order valence-electron chi connectivity index (χ1n) is 6.61. The molecular weight excluding hydrogens is 297 g/mol. The monoisotopic (exact) mass is 313 g/mol. The van der Waals surface area contributed by atoms with Gasteiger partial charge in [0.1, 0.15) is 5.82 Å². The first kappa shape index (κ1) is 15.5. The lowest BCUT2D eigenvalue weighted by atomic mass is 10.2. The zero-order valence-corrected chi connectivity index (χ0v) is 12.1. The summed E-state index contributed by atoms with van der Waals surface area (Å²) < 4.78 is 40.3. The van der Waals surface area contributed by atoms with Gasteiger partial charge in [0.15, 0.2) is 0 Å². The first-order chi connectivity index (χ1) is 9.88. The maximum atomic E-state index is 13.8. The lowest BCUT2D eigenvalue weighted by molar-refractivity contribution is -0.131. The van der Waals surface area contributed by atoms with Crippen LogP contribution in [0.2, 0.25) is 0 Å². The van der Waals surface area contributed by atoms with Gasteiger partial charge in [-0.05, 0) is 37.1 Å². The minimum absolute atomic E-state index is 0.0845. The third-order valence-corrected chi connectivity index (χ3v) is 5.28. The average molecular weight is 313 g/mol. The third-order valence-electron chi connectivity index (χ3n) is 3.41. The number of aliphatic carboxylic acids is 1. The van der Waals surface area contributed by atoms with E-state index in [1.807, 2.05) is 0 Å². The molecule has 0 atom stereocenters. The van der Waals surface area contributed by atoms with Crippen LogP contribution in [0.1, 0.15) is 31.2 Å². The van der Waals surface area contributed by atoms with Gasteiger partial charge in [0, 0.05) is 11.6 Å². The number of anilines is 1. The molecule has 0 aliphatic heterocycles. The highest BCUT2D eigenvalue weighted by Crippen LogP contribution is 2.26. The van der Waals surface area contributed by atoms with E-state index in [0.717, 1.165) is 31.1 Å². The van der Waals surface area contributed by atoms with Gasteiger partial charge in [0.25, 0.3) is 0 Å². The van der Waals surface area contributed by atoms with Crippen LogP contribution in [0.15, 0.2) is 24.3 Å². The summed E-state index contributed by atoms with van der Waals surface area (Å²) in [6.45, 7) is 0. The fraction of sp³-hybridized carbons (Fsp3) is 0.357. The molecule has 7 heteroatoms. The Kier molecular flexibility index (Phi) is 4.62. The zero-order valence-electron chi connectivity index (χ0n) is 11.3. The van der Waals surface area contributed by atoms with E-state index in [1.165, 1.54) is 12.1 Å². The highest BCUT2D eigenvalue weighted by Gasteiger charge is 2.28. The predicted molar refractivity (Wildman–Crippen MR) is 77.9 cm³/mol. The van der Waals surface area contributed by atoms with Crippen LogP contribution in [0, 0.1) is 5.82 Å². The van der Waals surface area contributed by atoms with Crippen LogP contribution in [0.4, 0.5) is 10.1 Å². The molecule has 1 aliphatic rings. The van der Waals surface area contributed by atoms with Crippen LogP contribution in [-0.2, 0) is 14.8 Å². The van der Waals surface area contributed by atoms with Crippen LogP contribution >= 0.6 is 0 Å². The van der Waals surface area contributed by atoms with E-state index in [0.29, 0.717) is 12.8 Å². The van der Waals surface area contributed by atoms with Crippen molar-refractivity contribution < 1.29 is 22.7 Å². The number of carboxylic acids is 1. The summed E-state index contributed by atoms with van der Waals surface area (Å²) in [6.07, 6.45) is 4.96. The number of sulfonamides is 1. The molecule has 5 nitrogen and oxygen atoms in total. The molecule has 114 valence electrons. The van der Waals surface area contributed by atoms with Crippen molar-refractivity contribution >= 4 is 27.8 Å². The largest absolute Gasteiger partial charge is 0.478 e. The van der Waals surface area contributed by atoms with Gasteiger partial charge in [-0.3, -0.25) is 4.72 Å². The smallest absolute Gasteiger partial charge is 0.328 e. The molecule has 0 unspecified atom stereocenters. The molecule has 2 rings (SSSR count).